The summed E-state index contributed by atoms with van der Waals surface area (Å²) in [5.74, 6) is -0.950. The largest absolute Gasteiger partial charge is 0.321 e. The van der Waals surface area contributed by atoms with Gasteiger partial charge in [0, 0.05) is 27.8 Å². The summed E-state index contributed by atoms with van der Waals surface area (Å²) in [6.07, 6.45) is 1.55. The van der Waals surface area contributed by atoms with Crippen LogP contribution in [-0.4, -0.2) is 10.5 Å². The van der Waals surface area contributed by atoms with Crippen molar-refractivity contribution in [3.05, 3.63) is 88.0 Å². The fourth-order valence-corrected chi connectivity index (χ4v) is 3.08. The van der Waals surface area contributed by atoms with Gasteiger partial charge in [0.05, 0.1) is 0 Å². The van der Waals surface area contributed by atoms with Gasteiger partial charge in [0.1, 0.15) is 17.5 Å². The second-order valence-electron chi connectivity index (χ2n) is 6.27. The van der Waals surface area contributed by atoms with E-state index in [1.807, 2.05) is 54.8 Å². The summed E-state index contributed by atoms with van der Waals surface area (Å²) >= 11 is 5.96. The van der Waals surface area contributed by atoms with Crippen molar-refractivity contribution in [2.45, 2.75) is 13.8 Å². The third-order valence-electron chi connectivity index (χ3n) is 4.32. The van der Waals surface area contributed by atoms with Gasteiger partial charge in [-0.2, -0.15) is 5.26 Å². The molecule has 0 spiro atoms. The van der Waals surface area contributed by atoms with Crippen LogP contribution in [0.5, 0.6) is 0 Å². The van der Waals surface area contributed by atoms with Gasteiger partial charge in [-0.15, -0.1) is 0 Å². The normalized spacial score (nSPS) is 11.2. The molecule has 140 valence electrons. The predicted octanol–water partition coefficient (Wildman–Crippen LogP) is 5.43. The zero-order chi connectivity index (χ0) is 20.3. The monoisotopic (exact) mass is 393 g/mol. The van der Waals surface area contributed by atoms with Gasteiger partial charge >= 0.3 is 0 Å². The lowest BCUT2D eigenvalue weighted by Gasteiger charge is -2.09. The van der Waals surface area contributed by atoms with E-state index in [0.717, 1.165) is 22.6 Å². The first-order chi connectivity index (χ1) is 13.4. The fourth-order valence-electron chi connectivity index (χ4n) is 2.96. The number of nitrogens with zero attached hydrogens (tertiary/aromatic N) is 2. The predicted molar refractivity (Wildman–Crippen MR) is 109 cm³/mol. The van der Waals surface area contributed by atoms with E-state index in [-0.39, 0.29) is 5.57 Å². The van der Waals surface area contributed by atoms with Gasteiger partial charge in [0.15, 0.2) is 0 Å². The zero-order valence-electron chi connectivity index (χ0n) is 15.3. The van der Waals surface area contributed by atoms with E-state index in [0.29, 0.717) is 10.7 Å². The van der Waals surface area contributed by atoms with Gasteiger partial charge in [-0.3, -0.25) is 4.79 Å². The number of carbonyl (C=O) groups is 1. The molecule has 1 aromatic heterocycles. The highest BCUT2D eigenvalue weighted by Gasteiger charge is 2.14. The summed E-state index contributed by atoms with van der Waals surface area (Å²) in [6, 6.07) is 16.6. The molecule has 0 bridgehead atoms. The van der Waals surface area contributed by atoms with Gasteiger partial charge in [-0.05, 0) is 80.1 Å². The number of anilines is 1. The van der Waals surface area contributed by atoms with Crippen molar-refractivity contribution in [3.63, 3.8) is 0 Å². The second-order valence-corrected chi connectivity index (χ2v) is 6.71. The molecule has 1 heterocycles. The average Bonchev–Trinajstić information content (AvgIpc) is 2.95. The summed E-state index contributed by atoms with van der Waals surface area (Å²) in [6.45, 7) is 3.86. The van der Waals surface area contributed by atoms with Crippen LogP contribution in [0, 0.1) is 31.0 Å². The Bertz CT molecular complexity index is 1090. The summed E-state index contributed by atoms with van der Waals surface area (Å²) in [5.41, 5.74) is 3.93. The molecular formula is C22H17ClFN3O. The van der Waals surface area contributed by atoms with Crippen LogP contribution in [-0.2, 0) is 4.79 Å². The molecule has 2 aromatic carbocycles. The molecule has 0 saturated heterocycles. The average molecular weight is 394 g/mol. The van der Waals surface area contributed by atoms with Crippen LogP contribution in [0.15, 0.2) is 60.2 Å². The highest BCUT2D eigenvalue weighted by Crippen LogP contribution is 2.24. The summed E-state index contributed by atoms with van der Waals surface area (Å²) in [4.78, 5) is 12.4. The number of hydrogen-bond acceptors (Lipinski definition) is 2. The number of benzene rings is 2. The minimum atomic E-state index is -0.551. The Hall–Kier alpha value is -3.36. The highest BCUT2D eigenvalue weighted by molar-refractivity contribution is 6.30. The first kappa shape index (κ1) is 19.4. The minimum Gasteiger partial charge on any atom is -0.321 e. The molecule has 28 heavy (non-hydrogen) atoms. The molecule has 1 N–H and O–H groups in total. The number of hydrogen-bond donors (Lipinski definition) is 1. The Balaban J connectivity index is 1.91. The van der Waals surface area contributed by atoms with Crippen molar-refractivity contribution in [2.75, 3.05) is 5.32 Å². The van der Waals surface area contributed by atoms with Crippen LogP contribution >= 0.6 is 11.6 Å². The number of carbonyl (C=O) groups excluding carboxylic acids is 1. The van der Waals surface area contributed by atoms with Crippen molar-refractivity contribution < 1.29 is 9.18 Å². The molecule has 3 aromatic rings. The zero-order valence-corrected chi connectivity index (χ0v) is 16.1. The summed E-state index contributed by atoms with van der Waals surface area (Å²) in [7, 11) is 0. The fraction of sp³-hybridized carbons (Fsp3) is 0.0909. The Morgan fingerprint density at radius 3 is 2.39 bits per heavy atom. The van der Waals surface area contributed by atoms with Gasteiger partial charge < -0.3 is 9.88 Å². The molecule has 0 unspecified atom stereocenters. The number of amides is 1. The van der Waals surface area contributed by atoms with E-state index >= 15 is 0 Å². The van der Waals surface area contributed by atoms with Gasteiger partial charge in [-0.1, -0.05) is 11.6 Å². The lowest BCUT2D eigenvalue weighted by molar-refractivity contribution is -0.112. The standard InChI is InChI=1S/C22H17ClFN3O/c1-14-11-16(15(2)27(14)21-9-3-18(23)4-10-21)12-17(13-25)22(28)26-20-7-5-19(24)6-8-20/h3-12H,1-2H3,(H,26,28). The van der Waals surface area contributed by atoms with Crippen molar-refractivity contribution in [3.8, 4) is 11.8 Å². The second kappa shape index (κ2) is 8.12. The number of aryl methyl sites for hydroxylation is 1. The minimum absolute atomic E-state index is 0.0410. The first-order valence-corrected chi connectivity index (χ1v) is 8.90. The number of halogens is 2. The SMILES string of the molecule is Cc1cc(C=C(C#N)C(=O)Nc2ccc(F)cc2)c(C)n1-c1ccc(Cl)cc1. The molecule has 0 aliphatic heterocycles. The van der Waals surface area contributed by atoms with Gasteiger partial charge in [-0.25, -0.2) is 4.39 Å². The Labute approximate surface area is 167 Å². The van der Waals surface area contributed by atoms with E-state index in [4.69, 9.17) is 11.6 Å². The maximum atomic E-state index is 13.0. The third-order valence-corrected chi connectivity index (χ3v) is 4.57. The Kier molecular flexibility index (Phi) is 5.62. The Morgan fingerprint density at radius 2 is 1.79 bits per heavy atom. The first-order valence-electron chi connectivity index (χ1n) is 8.52. The molecule has 1 amide bonds. The molecule has 0 aliphatic carbocycles. The Morgan fingerprint density at radius 1 is 1.14 bits per heavy atom. The van der Waals surface area contributed by atoms with Gasteiger partial charge in [0.25, 0.3) is 5.91 Å². The van der Waals surface area contributed by atoms with Crippen molar-refractivity contribution in [1.82, 2.24) is 4.57 Å². The molecule has 3 rings (SSSR count). The number of aromatic nitrogens is 1. The number of nitriles is 1. The summed E-state index contributed by atoms with van der Waals surface area (Å²) in [5, 5.41) is 12.7. The highest BCUT2D eigenvalue weighted by atomic mass is 35.5. The van der Waals surface area contributed by atoms with E-state index in [2.05, 4.69) is 5.32 Å². The van der Waals surface area contributed by atoms with Crippen LogP contribution in [0.25, 0.3) is 11.8 Å². The molecule has 0 aliphatic rings. The molecular weight excluding hydrogens is 377 g/mol. The third kappa shape index (κ3) is 4.13. The van der Waals surface area contributed by atoms with Crippen LogP contribution in [0.2, 0.25) is 5.02 Å². The number of nitrogens with one attached hydrogen (secondary N) is 1. The van der Waals surface area contributed by atoms with E-state index in [1.54, 1.807) is 6.08 Å². The molecule has 6 heteroatoms. The van der Waals surface area contributed by atoms with Crippen molar-refractivity contribution in [1.29, 1.82) is 5.26 Å². The van der Waals surface area contributed by atoms with Crippen LogP contribution in [0.4, 0.5) is 10.1 Å². The van der Waals surface area contributed by atoms with E-state index in [9.17, 15) is 14.4 Å². The quantitative estimate of drug-likeness (QED) is 0.474. The molecule has 4 nitrogen and oxygen atoms in total. The smallest absolute Gasteiger partial charge is 0.266 e. The van der Waals surface area contributed by atoms with Gasteiger partial charge in [0.2, 0.25) is 0 Å². The molecule has 0 atom stereocenters. The molecule has 0 radical (unpaired) electrons. The van der Waals surface area contributed by atoms with Crippen LogP contribution < -0.4 is 5.32 Å². The maximum absolute atomic E-state index is 13.0. The lowest BCUT2D eigenvalue weighted by Crippen LogP contribution is -2.13. The number of rotatable bonds is 4. The van der Waals surface area contributed by atoms with Crippen LogP contribution in [0.3, 0.4) is 0 Å². The van der Waals surface area contributed by atoms with Crippen LogP contribution in [0.1, 0.15) is 17.0 Å². The topological polar surface area (TPSA) is 57.8 Å². The van der Waals surface area contributed by atoms with E-state index in [1.165, 1.54) is 24.3 Å². The maximum Gasteiger partial charge on any atom is 0.266 e. The lowest BCUT2D eigenvalue weighted by atomic mass is 10.1. The summed E-state index contributed by atoms with van der Waals surface area (Å²) < 4.78 is 15.0. The molecule has 0 fully saturated rings. The molecule has 0 saturated carbocycles. The van der Waals surface area contributed by atoms with E-state index < -0.39 is 11.7 Å². The van der Waals surface area contributed by atoms with Crippen molar-refractivity contribution >= 4 is 29.3 Å². The van der Waals surface area contributed by atoms with Crippen molar-refractivity contribution in [2.24, 2.45) is 0 Å².